The molecule has 0 aliphatic carbocycles. The smallest absolute Gasteiger partial charge is 0.0361 e. The van der Waals surface area contributed by atoms with Crippen LogP contribution in [-0.2, 0) is 0 Å². The Labute approximate surface area is 181 Å². The summed E-state index contributed by atoms with van der Waals surface area (Å²) >= 11 is 0. The van der Waals surface area contributed by atoms with Gasteiger partial charge in [0.05, 0.1) is 0 Å². The predicted octanol–water partition coefficient (Wildman–Crippen LogP) is 5.73. The summed E-state index contributed by atoms with van der Waals surface area (Å²) in [7, 11) is 12.4. The van der Waals surface area contributed by atoms with Crippen molar-refractivity contribution in [1.29, 1.82) is 0 Å². The standard InChI is InChI=1S/C27H33N3/c1-28(2)24-14-7-21(8-15-24)9-20-27(22-10-16-25(17-11-22)29(3)4)23-12-18-26(19-13-23)30(5)6/h7-20,27H,1-6H3. The van der Waals surface area contributed by atoms with Gasteiger partial charge in [-0.1, -0.05) is 48.6 Å². The fourth-order valence-electron chi connectivity index (χ4n) is 3.47. The Morgan fingerprint density at radius 1 is 0.500 bits per heavy atom. The first kappa shape index (κ1) is 21.5. The minimum atomic E-state index is 0.200. The molecule has 0 N–H and O–H groups in total. The summed E-state index contributed by atoms with van der Waals surface area (Å²) in [6.07, 6.45) is 4.53. The van der Waals surface area contributed by atoms with E-state index in [1.54, 1.807) is 0 Å². The molecule has 0 aliphatic rings. The number of anilines is 3. The van der Waals surface area contributed by atoms with Crippen LogP contribution in [0.2, 0.25) is 0 Å². The third-order valence-electron chi connectivity index (χ3n) is 5.43. The van der Waals surface area contributed by atoms with Crippen LogP contribution in [0.4, 0.5) is 17.1 Å². The first-order valence-corrected chi connectivity index (χ1v) is 10.4. The van der Waals surface area contributed by atoms with E-state index >= 15 is 0 Å². The lowest BCUT2D eigenvalue weighted by Gasteiger charge is -2.19. The molecular formula is C27H33N3. The van der Waals surface area contributed by atoms with Crippen LogP contribution in [0.5, 0.6) is 0 Å². The number of rotatable bonds is 7. The van der Waals surface area contributed by atoms with Crippen LogP contribution in [0.25, 0.3) is 6.08 Å². The second-order valence-corrected chi connectivity index (χ2v) is 8.29. The van der Waals surface area contributed by atoms with Crippen LogP contribution in [0.1, 0.15) is 22.6 Å². The van der Waals surface area contributed by atoms with Crippen molar-refractivity contribution < 1.29 is 0 Å². The van der Waals surface area contributed by atoms with Crippen molar-refractivity contribution in [3.8, 4) is 0 Å². The van der Waals surface area contributed by atoms with Gasteiger partial charge >= 0.3 is 0 Å². The molecule has 0 radical (unpaired) electrons. The van der Waals surface area contributed by atoms with Gasteiger partial charge in [-0.2, -0.15) is 0 Å². The van der Waals surface area contributed by atoms with Gasteiger partial charge in [0.2, 0.25) is 0 Å². The Morgan fingerprint density at radius 2 is 0.833 bits per heavy atom. The molecule has 3 nitrogen and oxygen atoms in total. The Hall–Kier alpha value is -3.20. The summed E-state index contributed by atoms with van der Waals surface area (Å²) in [4.78, 5) is 6.38. The molecule has 3 rings (SSSR count). The van der Waals surface area contributed by atoms with Gasteiger partial charge in [0, 0.05) is 65.3 Å². The van der Waals surface area contributed by atoms with Crippen molar-refractivity contribution in [3.05, 3.63) is 95.6 Å². The topological polar surface area (TPSA) is 9.72 Å². The van der Waals surface area contributed by atoms with Gasteiger partial charge in [-0.3, -0.25) is 0 Å². The van der Waals surface area contributed by atoms with E-state index in [1.165, 1.54) is 33.8 Å². The second-order valence-electron chi connectivity index (χ2n) is 8.29. The number of benzene rings is 3. The lowest BCUT2D eigenvalue weighted by molar-refractivity contribution is 1.02. The third kappa shape index (κ3) is 5.24. The van der Waals surface area contributed by atoms with E-state index in [-0.39, 0.29) is 5.92 Å². The maximum Gasteiger partial charge on any atom is 0.0361 e. The van der Waals surface area contributed by atoms with Crippen LogP contribution in [0.3, 0.4) is 0 Å². The van der Waals surface area contributed by atoms with E-state index in [4.69, 9.17) is 0 Å². The summed E-state index contributed by atoms with van der Waals surface area (Å²) in [6, 6.07) is 26.4. The lowest BCUT2D eigenvalue weighted by atomic mass is 9.90. The number of allylic oxidation sites excluding steroid dienone is 1. The van der Waals surface area contributed by atoms with Gasteiger partial charge < -0.3 is 14.7 Å². The van der Waals surface area contributed by atoms with Gasteiger partial charge in [-0.15, -0.1) is 0 Å². The fraction of sp³-hybridized carbons (Fsp3) is 0.259. The summed E-state index contributed by atoms with van der Waals surface area (Å²) in [5.41, 5.74) is 7.42. The molecule has 156 valence electrons. The van der Waals surface area contributed by atoms with Crippen molar-refractivity contribution in [2.75, 3.05) is 57.0 Å². The predicted molar refractivity (Wildman–Crippen MR) is 133 cm³/mol. The highest BCUT2D eigenvalue weighted by Gasteiger charge is 2.12. The summed E-state index contributed by atoms with van der Waals surface area (Å²) < 4.78 is 0. The Balaban J connectivity index is 1.94. The Bertz CT molecular complexity index is 899. The number of nitrogens with zero attached hydrogens (tertiary/aromatic N) is 3. The highest BCUT2D eigenvalue weighted by atomic mass is 15.1. The summed E-state index contributed by atoms with van der Waals surface area (Å²) in [5.74, 6) is 0.200. The molecule has 3 aromatic rings. The highest BCUT2D eigenvalue weighted by molar-refractivity contribution is 5.59. The average molecular weight is 400 g/mol. The van der Waals surface area contributed by atoms with Crippen LogP contribution in [0.15, 0.2) is 78.9 Å². The monoisotopic (exact) mass is 399 g/mol. The Kier molecular flexibility index (Phi) is 6.83. The molecule has 0 unspecified atom stereocenters. The quantitative estimate of drug-likeness (QED) is 0.502. The highest BCUT2D eigenvalue weighted by Crippen LogP contribution is 2.30. The maximum atomic E-state index is 2.31. The van der Waals surface area contributed by atoms with E-state index in [0.29, 0.717) is 0 Å². The molecule has 3 heteroatoms. The molecule has 0 aromatic heterocycles. The van der Waals surface area contributed by atoms with Crippen LogP contribution in [0, 0.1) is 0 Å². The normalized spacial score (nSPS) is 11.2. The SMILES string of the molecule is CN(C)c1ccc(C=CC(c2ccc(N(C)C)cc2)c2ccc(N(C)C)cc2)cc1. The zero-order valence-corrected chi connectivity index (χ0v) is 19.0. The molecular weight excluding hydrogens is 366 g/mol. The number of hydrogen-bond acceptors (Lipinski definition) is 3. The zero-order chi connectivity index (χ0) is 21.7. The first-order valence-electron chi connectivity index (χ1n) is 10.4. The molecule has 0 spiro atoms. The molecule has 0 saturated carbocycles. The van der Waals surface area contributed by atoms with Crippen LogP contribution >= 0.6 is 0 Å². The summed E-state index contributed by atoms with van der Waals surface area (Å²) in [5, 5.41) is 0. The molecule has 0 bridgehead atoms. The van der Waals surface area contributed by atoms with Gasteiger partial charge in [0.25, 0.3) is 0 Å². The first-order chi connectivity index (χ1) is 14.3. The molecule has 3 aromatic carbocycles. The fourth-order valence-corrected chi connectivity index (χ4v) is 3.47. The van der Waals surface area contributed by atoms with Gasteiger partial charge in [-0.25, -0.2) is 0 Å². The van der Waals surface area contributed by atoms with E-state index in [1.807, 2.05) is 0 Å². The second kappa shape index (κ2) is 9.53. The van der Waals surface area contributed by atoms with Crippen molar-refractivity contribution in [1.82, 2.24) is 0 Å². The zero-order valence-electron chi connectivity index (χ0n) is 19.0. The van der Waals surface area contributed by atoms with Gasteiger partial charge in [0.1, 0.15) is 0 Å². The van der Waals surface area contributed by atoms with Crippen LogP contribution < -0.4 is 14.7 Å². The van der Waals surface area contributed by atoms with Gasteiger partial charge in [0.15, 0.2) is 0 Å². The molecule has 0 fully saturated rings. The molecule has 0 atom stereocenters. The molecule has 0 aliphatic heterocycles. The third-order valence-corrected chi connectivity index (χ3v) is 5.43. The molecule has 0 amide bonds. The molecule has 0 saturated heterocycles. The Morgan fingerprint density at radius 3 is 1.17 bits per heavy atom. The maximum absolute atomic E-state index is 2.31. The van der Waals surface area contributed by atoms with E-state index < -0.39 is 0 Å². The van der Waals surface area contributed by atoms with Crippen LogP contribution in [-0.4, -0.2) is 42.3 Å². The lowest BCUT2D eigenvalue weighted by Crippen LogP contribution is -2.09. The van der Waals surface area contributed by atoms with Crippen molar-refractivity contribution in [2.45, 2.75) is 5.92 Å². The van der Waals surface area contributed by atoms with Crippen molar-refractivity contribution >= 4 is 23.1 Å². The average Bonchev–Trinajstić information content (AvgIpc) is 2.75. The van der Waals surface area contributed by atoms with Crippen molar-refractivity contribution in [3.63, 3.8) is 0 Å². The van der Waals surface area contributed by atoms with E-state index in [0.717, 1.165) is 0 Å². The van der Waals surface area contributed by atoms with Gasteiger partial charge in [-0.05, 0) is 53.1 Å². The minimum Gasteiger partial charge on any atom is -0.378 e. The summed E-state index contributed by atoms with van der Waals surface area (Å²) in [6.45, 7) is 0. The van der Waals surface area contributed by atoms with E-state index in [2.05, 4.69) is 142 Å². The largest absolute Gasteiger partial charge is 0.378 e. The number of hydrogen-bond donors (Lipinski definition) is 0. The molecule has 0 heterocycles. The van der Waals surface area contributed by atoms with E-state index in [9.17, 15) is 0 Å². The minimum absolute atomic E-state index is 0.200. The molecule has 30 heavy (non-hydrogen) atoms. The van der Waals surface area contributed by atoms with Crippen molar-refractivity contribution in [2.24, 2.45) is 0 Å².